The Bertz CT molecular complexity index is 447. The fourth-order valence-corrected chi connectivity index (χ4v) is 2.22. The van der Waals surface area contributed by atoms with Crippen LogP contribution in [0, 0.1) is 5.92 Å². The van der Waals surface area contributed by atoms with E-state index in [1.165, 1.54) is 13.2 Å². The Hall–Kier alpha value is -1.75. The fraction of sp³-hybridized carbons (Fsp3) is 0.533. The van der Waals surface area contributed by atoms with Crippen LogP contribution in [0.4, 0.5) is 0 Å². The lowest BCUT2D eigenvalue weighted by molar-refractivity contribution is -0.142. The number of esters is 1. The molecule has 0 aliphatic heterocycles. The Kier molecular flexibility index (Phi) is 6.31. The number of hydrogen-bond donors (Lipinski definition) is 3. The van der Waals surface area contributed by atoms with Gasteiger partial charge in [-0.15, -0.1) is 0 Å². The molecule has 5 heteroatoms. The number of aromatic hydroxyl groups is 2. The molecular weight excluding hydrogens is 258 g/mol. The topological polar surface area (TPSA) is 92.8 Å². The van der Waals surface area contributed by atoms with E-state index in [0.29, 0.717) is 12.8 Å². The van der Waals surface area contributed by atoms with Crippen molar-refractivity contribution in [2.45, 2.75) is 38.6 Å². The van der Waals surface area contributed by atoms with Gasteiger partial charge in [0.1, 0.15) is 17.5 Å². The number of aryl methyl sites for hydroxylation is 1. The van der Waals surface area contributed by atoms with Gasteiger partial charge in [-0.3, -0.25) is 4.79 Å². The van der Waals surface area contributed by atoms with Gasteiger partial charge in [-0.1, -0.05) is 19.4 Å². The molecule has 0 aliphatic carbocycles. The summed E-state index contributed by atoms with van der Waals surface area (Å²) in [6.07, 6.45) is 2.98. The zero-order valence-electron chi connectivity index (χ0n) is 12.0. The lowest BCUT2D eigenvalue weighted by atomic mass is 9.91. The molecular formula is C15H23NO4. The van der Waals surface area contributed by atoms with Gasteiger partial charge in [0.05, 0.1) is 7.11 Å². The molecule has 0 heterocycles. The van der Waals surface area contributed by atoms with Gasteiger partial charge in [0, 0.05) is 6.07 Å². The molecule has 0 spiro atoms. The summed E-state index contributed by atoms with van der Waals surface area (Å²) in [6, 6.07) is 3.99. The van der Waals surface area contributed by atoms with E-state index in [2.05, 4.69) is 4.74 Å². The number of rotatable bonds is 7. The van der Waals surface area contributed by atoms with E-state index in [1.807, 2.05) is 6.92 Å². The van der Waals surface area contributed by atoms with Crippen LogP contribution in [-0.4, -0.2) is 29.3 Å². The maximum absolute atomic E-state index is 11.3. The SMILES string of the molecule is CCC(CCc1ccc(O)cc1O)CC(N)C(=O)OC. The molecule has 1 aromatic rings. The Morgan fingerprint density at radius 2 is 2.10 bits per heavy atom. The first-order valence-electron chi connectivity index (χ1n) is 6.82. The molecule has 112 valence electrons. The van der Waals surface area contributed by atoms with Gasteiger partial charge in [0.25, 0.3) is 0 Å². The summed E-state index contributed by atoms with van der Waals surface area (Å²) in [5.41, 5.74) is 6.55. The number of benzene rings is 1. The maximum Gasteiger partial charge on any atom is 0.322 e. The van der Waals surface area contributed by atoms with Crippen molar-refractivity contribution in [3.8, 4) is 11.5 Å². The third kappa shape index (κ3) is 4.74. The predicted molar refractivity (Wildman–Crippen MR) is 76.5 cm³/mol. The number of hydrogen-bond acceptors (Lipinski definition) is 5. The largest absolute Gasteiger partial charge is 0.508 e. The van der Waals surface area contributed by atoms with Crippen LogP contribution in [0.2, 0.25) is 0 Å². The van der Waals surface area contributed by atoms with Crippen LogP contribution >= 0.6 is 0 Å². The number of nitrogens with two attached hydrogens (primary N) is 1. The first-order valence-corrected chi connectivity index (χ1v) is 6.82. The number of methoxy groups -OCH3 is 1. The minimum absolute atomic E-state index is 0.0472. The van der Waals surface area contributed by atoms with Crippen molar-refractivity contribution in [2.75, 3.05) is 7.11 Å². The highest BCUT2D eigenvalue weighted by Gasteiger charge is 2.19. The van der Waals surface area contributed by atoms with Crippen LogP contribution in [0.15, 0.2) is 18.2 Å². The summed E-state index contributed by atoms with van der Waals surface area (Å²) in [7, 11) is 1.33. The summed E-state index contributed by atoms with van der Waals surface area (Å²) in [5, 5.41) is 19.0. The molecule has 0 aromatic heterocycles. The first kappa shape index (κ1) is 16.3. The predicted octanol–water partition coefficient (Wildman–Crippen LogP) is 1.95. The Balaban J connectivity index is 2.54. The molecule has 0 radical (unpaired) electrons. The second-order valence-electron chi connectivity index (χ2n) is 4.99. The standard InChI is InChI=1S/C15H23NO4/c1-3-10(8-13(16)15(19)20-2)4-5-11-6-7-12(17)9-14(11)18/h6-7,9-10,13,17-18H,3-5,8,16H2,1-2H3. The van der Waals surface area contributed by atoms with Crippen LogP contribution in [0.5, 0.6) is 11.5 Å². The highest BCUT2D eigenvalue weighted by atomic mass is 16.5. The Labute approximate surface area is 119 Å². The van der Waals surface area contributed by atoms with E-state index in [4.69, 9.17) is 5.73 Å². The van der Waals surface area contributed by atoms with Crippen molar-refractivity contribution < 1.29 is 19.7 Å². The van der Waals surface area contributed by atoms with Crippen molar-refractivity contribution in [3.05, 3.63) is 23.8 Å². The number of phenolic OH excluding ortho intramolecular Hbond substituents is 2. The van der Waals surface area contributed by atoms with Crippen molar-refractivity contribution in [1.82, 2.24) is 0 Å². The van der Waals surface area contributed by atoms with Gasteiger partial charge in [-0.25, -0.2) is 0 Å². The molecule has 5 nitrogen and oxygen atoms in total. The third-order valence-electron chi connectivity index (χ3n) is 3.56. The Morgan fingerprint density at radius 1 is 1.40 bits per heavy atom. The van der Waals surface area contributed by atoms with Gasteiger partial charge in [-0.2, -0.15) is 0 Å². The number of ether oxygens (including phenoxy) is 1. The molecule has 4 N–H and O–H groups in total. The second-order valence-corrected chi connectivity index (χ2v) is 4.99. The van der Waals surface area contributed by atoms with Gasteiger partial charge in [0.2, 0.25) is 0 Å². The quantitative estimate of drug-likeness (QED) is 0.664. The summed E-state index contributed by atoms with van der Waals surface area (Å²) in [4.78, 5) is 11.3. The number of phenols is 2. The molecule has 0 bridgehead atoms. The van der Waals surface area contributed by atoms with E-state index < -0.39 is 12.0 Å². The van der Waals surface area contributed by atoms with Crippen molar-refractivity contribution in [3.63, 3.8) is 0 Å². The maximum atomic E-state index is 11.3. The molecule has 0 saturated carbocycles. The lowest BCUT2D eigenvalue weighted by Gasteiger charge is -2.18. The molecule has 0 saturated heterocycles. The average molecular weight is 281 g/mol. The molecule has 0 fully saturated rings. The molecule has 1 aromatic carbocycles. The van der Waals surface area contributed by atoms with Crippen LogP contribution in [0.1, 0.15) is 31.7 Å². The summed E-state index contributed by atoms with van der Waals surface area (Å²) in [6.45, 7) is 2.05. The zero-order chi connectivity index (χ0) is 15.1. The fourth-order valence-electron chi connectivity index (χ4n) is 2.22. The van der Waals surface area contributed by atoms with Gasteiger partial charge in [0.15, 0.2) is 0 Å². The molecule has 0 amide bonds. The average Bonchev–Trinajstić information content (AvgIpc) is 2.43. The van der Waals surface area contributed by atoms with E-state index in [-0.39, 0.29) is 17.4 Å². The molecule has 2 atom stereocenters. The highest BCUT2D eigenvalue weighted by Crippen LogP contribution is 2.26. The van der Waals surface area contributed by atoms with E-state index in [1.54, 1.807) is 12.1 Å². The summed E-state index contributed by atoms with van der Waals surface area (Å²) >= 11 is 0. The van der Waals surface area contributed by atoms with Gasteiger partial charge >= 0.3 is 5.97 Å². The number of carbonyl (C=O) groups excluding carboxylic acids is 1. The minimum atomic E-state index is -0.599. The number of carbonyl (C=O) groups is 1. The first-order chi connectivity index (χ1) is 9.47. The molecule has 2 unspecified atom stereocenters. The van der Waals surface area contributed by atoms with Crippen LogP contribution in [0.25, 0.3) is 0 Å². The van der Waals surface area contributed by atoms with E-state index in [0.717, 1.165) is 18.4 Å². The summed E-state index contributed by atoms with van der Waals surface area (Å²) in [5.74, 6) is 0.0383. The van der Waals surface area contributed by atoms with E-state index in [9.17, 15) is 15.0 Å². The summed E-state index contributed by atoms with van der Waals surface area (Å²) < 4.78 is 4.62. The van der Waals surface area contributed by atoms with Gasteiger partial charge < -0.3 is 20.7 Å². The normalized spacial score (nSPS) is 13.8. The van der Waals surface area contributed by atoms with Crippen LogP contribution < -0.4 is 5.73 Å². The van der Waals surface area contributed by atoms with E-state index >= 15 is 0 Å². The second kappa shape index (κ2) is 7.75. The van der Waals surface area contributed by atoms with Crippen molar-refractivity contribution in [2.24, 2.45) is 11.7 Å². The van der Waals surface area contributed by atoms with Gasteiger partial charge in [-0.05, 0) is 36.8 Å². The smallest absolute Gasteiger partial charge is 0.322 e. The minimum Gasteiger partial charge on any atom is -0.508 e. The lowest BCUT2D eigenvalue weighted by Crippen LogP contribution is -2.33. The molecule has 0 aliphatic rings. The zero-order valence-corrected chi connectivity index (χ0v) is 12.0. The van der Waals surface area contributed by atoms with Crippen molar-refractivity contribution >= 4 is 5.97 Å². The van der Waals surface area contributed by atoms with Crippen LogP contribution in [0.3, 0.4) is 0 Å². The monoisotopic (exact) mass is 281 g/mol. The van der Waals surface area contributed by atoms with Crippen molar-refractivity contribution in [1.29, 1.82) is 0 Å². The van der Waals surface area contributed by atoms with Crippen LogP contribution in [-0.2, 0) is 16.0 Å². The molecule has 1 rings (SSSR count). The molecule has 20 heavy (non-hydrogen) atoms. The Morgan fingerprint density at radius 3 is 2.65 bits per heavy atom. The third-order valence-corrected chi connectivity index (χ3v) is 3.56. The highest BCUT2D eigenvalue weighted by molar-refractivity contribution is 5.75.